The first-order valence-electron chi connectivity index (χ1n) is 7.95. The van der Waals surface area contributed by atoms with E-state index in [1.807, 2.05) is 0 Å². The fourth-order valence-corrected chi connectivity index (χ4v) is 1.83. The third-order valence-electron chi connectivity index (χ3n) is 3.04. The lowest BCUT2D eigenvalue weighted by Gasteiger charge is -2.11. The van der Waals surface area contributed by atoms with E-state index in [4.69, 9.17) is 18.9 Å². The van der Waals surface area contributed by atoms with Gasteiger partial charge in [-0.3, -0.25) is 0 Å². The molecular weight excluding hydrogens is 340 g/mol. The van der Waals surface area contributed by atoms with Gasteiger partial charge in [-0.2, -0.15) is 0 Å². The van der Waals surface area contributed by atoms with Crippen molar-refractivity contribution in [1.29, 1.82) is 0 Å². The molecule has 0 fully saturated rings. The molecular formula is C19H22O7. The van der Waals surface area contributed by atoms with E-state index in [0.29, 0.717) is 5.56 Å². The Morgan fingerprint density at radius 2 is 1.58 bits per heavy atom. The molecule has 0 heterocycles. The Hall–Kier alpha value is -3.09. The second-order valence-electron chi connectivity index (χ2n) is 5.08. The van der Waals surface area contributed by atoms with Crippen molar-refractivity contribution in [2.24, 2.45) is 0 Å². The summed E-state index contributed by atoms with van der Waals surface area (Å²) in [4.78, 5) is 35.7. The molecule has 0 N–H and O–H groups in total. The molecule has 0 saturated carbocycles. The van der Waals surface area contributed by atoms with Crippen molar-refractivity contribution in [2.45, 2.75) is 20.8 Å². The van der Waals surface area contributed by atoms with Crippen LogP contribution in [0.1, 0.15) is 26.3 Å². The molecule has 7 heteroatoms. The highest BCUT2D eigenvalue weighted by molar-refractivity contribution is 6.17. The lowest BCUT2D eigenvalue weighted by molar-refractivity contribution is -0.146. The summed E-state index contributed by atoms with van der Waals surface area (Å²) in [5, 5.41) is 0. The van der Waals surface area contributed by atoms with Crippen molar-refractivity contribution < 1.29 is 33.3 Å². The lowest BCUT2D eigenvalue weighted by Crippen LogP contribution is -2.18. The predicted molar refractivity (Wildman–Crippen MR) is 94.7 cm³/mol. The van der Waals surface area contributed by atoms with Crippen molar-refractivity contribution >= 4 is 24.0 Å². The minimum atomic E-state index is -0.789. The largest absolute Gasteiger partial charge is 0.493 e. The van der Waals surface area contributed by atoms with Gasteiger partial charge >= 0.3 is 17.9 Å². The van der Waals surface area contributed by atoms with Gasteiger partial charge in [0.2, 0.25) is 0 Å². The van der Waals surface area contributed by atoms with Crippen LogP contribution in [0.25, 0.3) is 6.08 Å². The van der Waals surface area contributed by atoms with E-state index in [1.54, 1.807) is 19.9 Å². The summed E-state index contributed by atoms with van der Waals surface area (Å²) in [6.45, 7) is 8.54. The number of esters is 3. The fraction of sp³-hybridized carbons (Fsp3) is 0.316. The highest BCUT2D eigenvalue weighted by atomic mass is 16.6. The van der Waals surface area contributed by atoms with Crippen LogP contribution in [0.15, 0.2) is 35.9 Å². The van der Waals surface area contributed by atoms with Gasteiger partial charge in [-0.15, -0.1) is 0 Å². The van der Waals surface area contributed by atoms with Gasteiger partial charge in [0, 0.05) is 5.57 Å². The first-order chi connectivity index (χ1) is 12.3. The summed E-state index contributed by atoms with van der Waals surface area (Å²) in [5.41, 5.74) is 0.457. The molecule has 1 aromatic rings. The van der Waals surface area contributed by atoms with Gasteiger partial charge in [-0.25, -0.2) is 14.4 Å². The molecule has 0 unspecified atom stereocenters. The zero-order valence-electron chi connectivity index (χ0n) is 15.3. The third kappa shape index (κ3) is 5.77. The number of benzene rings is 1. The van der Waals surface area contributed by atoms with Crippen molar-refractivity contribution in [3.05, 3.63) is 41.5 Å². The number of ether oxygens (including phenoxy) is 4. The first-order valence-corrected chi connectivity index (χ1v) is 7.95. The number of hydrogen-bond acceptors (Lipinski definition) is 7. The van der Waals surface area contributed by atoms with Crippen LogP contribution in [0.4, 0.5) is 0 Å². The van der Waals surface area contributed by atoms with Crippen molar-refractivity contribution in [3.8, 4) is 11.5 Å². The highest BCUT2D eigenvalue weighted by Crippen LogP contribution is 2.29. The maximum Gasteiger partial charge on any atom is 0.345 e. The maximum atomic E-state index is 12.0. The van der Waals surface area contributed by atoms with Gasteiger partial charge in [0.25, 0.3) is 0 Å². The smallest absolute Gasteiger partial charge is 0.345 e. The number of carbonyl (C=O) groups excluding carboxylic acids is 3. The first kappa shape index (κ1) is 21.0. The Balaban J connectivity index is 3.23. The van der Waals surface area contributed by atoms with E-state index >= 15 is 0 Å². The molecule has 0 spiro atoms. The summed E-state index contributed by atoms with van der Waals surface area (Å²) < 4.78 is 20.1. The third-order valence-corrected chi connectivity index (χ3v) is 3.04. The molecule has 0 aliphatic rings. The molecule has 0 atom stereocenters. The van der Waals surface area contributed by atoms with Gasteiger partial charge in [-0.1, -0.05) is 12.6 Å². The SMILES string of the molecule is C=C(C)C(=O)Oc1ccc(C=C(C(=O)OCC)C(=O)OCC)cc1OC. The highest BCUT2D eigenvalue weighted by Gasteiger charge is 2.21. The van der Waals surface area contributed by atoms with E-state index in [-0.39, 0.29) is 35.9 Å². The molecule has 1 rings (SSSR count). The molecule has 1 aromatic carbocycles. The molecule has 0 aromatic heterocycles. The van der Waals surface area contributed by atoms with E-state index in [1.165, 1.54) is 32.2 Å². The minimum Gasteiger partial charge on any atom is -0.493 e. The van der Waals surface area contributed by atoms with Crippen LogP contribution in [0.3, 0.4) is 0 Å². The monoisotopic (exact) mass is 362 g/mol. The van der Waals surface area contributed by atoms with Gasteiger partial charge in [0.05, 0.1) is 20.3 Å². The quantitative estimate of drug-likeness (QED) is 0.231. The second-order valence-corrected chi connectivity index (χ2v) is 5.08. The standard InChI is InChI=1S/C19H22O7/c1-6-24-18(21)14(19(22)25-7-2)10-13-8-9-15(16(11-13)23-5)26-17(20)12(3)4/h8-11H,3,6-7H2,1-2,4-5H3. The van der Waals surface area contributed by atoms with Crippen LogP contribution in [0.5, 0.6) is 11.5 Å². The van der Waals surface area contributed by atoms with Crippen molar-refractivity contribution in [2.75, 3.05) is 20.3 Å². The normalized spacial score (nSPS) is 9.69. The van der Waals surface area contributed by atoms with Gasteiger partial charge in [-0.05, 0) is 44.5 Å². The van der Waals surface area contributed by atoms with E-state index in [0.717, 1.165) is 0 Å². The van der Waals surface area contributed by atoms with E-state index < -0.39 is 17.9 Å². The molecule has 0 aliphatic heterocycles. The Morgan fingerprint density at radius 3 is 2.04 bits per heavy atom. The molecule has 0 saturated heterocycles. The minimum absolute atomic E-state index is 0.120. The number of rotatable bonds is 8. The number of methoxy groups -OCH3 is 1. The Morgan fingerprint density at radius 1 is 1.00 bits per heavy atom. The topological polar surface area (TPSA) is 88.1 Å². The Labute approximate surface area is 152 Å². The molecule has 7 nitrogen and oxygen atoms in total. The van der Waals surface area contributed by atoms with Gasteiger partial charge in [0.1, 0.15) is 5.57 Å². The molecule has 0 radical (unpaired) electrons. The van der Waals surface area contributed by atoms with Crippen molar-refractivity contribution in [1.82, 2.24) is 0 Å². The van der Waals surface area contributed by atoms with Gasteiger partial charge in [0.15, 0.2) is 11.5 Å². The summed E-state index contributed by atoms with van der Waals surface area (Å²) in [6.07, 6.45) is 1.32. The summed E-state index contributed by atoms with van der Waals surface area (Å²) in [6, 6.07) is 4.56. The maximum absolute atomic E-state index is 12.0. The van der Waals surface area contributed by atoms with E-state index in [9.17, 15) is 14.4 Å². The predicted octanol–water partition coefficient (Wildman–Crippen LogP) is 2.69. The Bertz CT molecular complexity index is 711. The Kier molecular flexibility index (Phi) is 8.08. The van der Waals surface area contributed by atoms with Crippen LogP contribution in [-0.4, -0.2) is 38.2 Å². The average Bonchev–Trinajstić information content (AvgIpc) is 2.60. The van der Waals surface area contributed by atoms with Crippen LogP contribution in [0.2, 0.25) is 0 Å². The van der Waals surface area contributed by atoms with Gasteiger partial charge < -0.3 is 18.9 Å². The lowest BCUT2D eigenvalue weighted by atomic mass is 10.1. The summed E-state index contributed by atoms with van der Waals surface area (Å²) in [5.74, 6) is -1.73. The molecule has 140 valence electrons. The zero-order chi connectivity index (χ0) is 19.7. The molecule has 0 amide bonds. The second kappa shape index (κ2) is 10.0. The fourth-order valence-electron chi connectivity index (χ4n) is 1.83. The number of hydrogen-bond donors (Lipinski definition) is 0. The van der Waals surface area contributed by atoms with Crippen LogP contribution in [-0.2, 0) is 23.9 Å². The summed E-state index contributed by atoms with van der Waals surface area (Å²) in [7, 11) is 1.40. The molecule has 26 heavy (non-hydrogen) atoms. The molecule has 0 aliphatic carbocycles. The van der Waals surface area contributed by atoms with Crippen LogP contribution >= 0.6 is 0 Å². The van der Waals surface area contributed by atoms with Crippen molar-refractivity contribution in [3.63, 3.8) is 0 Å². The zero-order valence-corrected chi connectivity index (χ0v) is 15.3. The number of carbonyl (C=O) groups is 3. The molecule has 0 bridgehead atoms. The van der Waals surface area contributed by atoms with E-state index in [2.05, 4.69) is 6.58 Å². The van der Waals surface area contributed by atoms with Crippen LogP contribution < -0.4 is 9.47 Å². The summed E-state index contributed by atoms with van der Waals surface area (Å²) >= 11 is 0. The average molecular weight is 362 g/mol. The van der Waals surface area contributed by atoms with Crippen LogP contribution in [0, 0.1) is 0 Å².